The van der Waals surface area contributed by atoms with E-state index >= 15 is 9.59 Å². The van der Waals surface area contributed by atoms with Crippen molar-refractivity contribution in [3.63, 3.8) is 0 Å². The van der Waals surface area contributed by atoms with Crippen molar-refractivity contribution in [3.8, 4) is 44.5 Å². The molecule has 2 amide bonds. The highest BCUT2D eigenvalue weighted by molar-refractivity contribution is 6.04. The number of hydrogen-bond acceptors (Lipinski definition) is 3. The Morgan fingerprint density at radius 1 is 0.403 bits per heavy atom. The van der Waals surface area contributed by atoms with Gasteiger partial charge in [0.1, 0.15) is 0 Å². The molecule has 0 saturated carbocycles. The normalized spacial score (nSPS) is 17.9. The third-order valence-electron chi connectivity index (χ3n) is 19.3. The summed E-state index contributed by atoms with van der Waals surface area (Å²) in [6.45, 7) is 2.28. The standard InChI is InChI=1S/C73H70N2O2/c1-2-3-4-5-6-7-8-9-10-11-28-52-45-70(76)75(71(52)77)53-46-72(66-37-20-33-58-54-29-16-12-24-48(54)41-62(58)66,67-38-21-34-59-55-30-17-13-25-49(55)42-63(59)67)74-73(47-53,68-39-22-35-60-56-31-18-14-26-50(56)43-64(60)68)69-40-23-36-61-57-32-19-15-27-51(57)44-65(61)69/h12-27,29-40,52-53,74H,2-11,28,41-47H2,1H3. The van der Waals surface area contributed by atoms with E-state index in [2.05, 4.69) is 177 Å². The summed E-state index contributed by atoms with van der Waals surface area (Å²) < 4.78 is 0. The van der Waals surface area contributed by atoms with E-state index < -0.39 is 17.1 Å². The van der Waals surface area contributed by atoms with Gasteiger partial charge in [0.05, 0.1) is 11.1 Å². The number of amides is 2. The van der Waals surface area contributed by atoms with Gasteiger partial charge in [0.15, 0.2) is 0 Å². The van der Waals surface area contributed by atoms with E-state index in [0.29, 0.717) is 19.3 Å². The SMILES string of the molecule is CCCCCCCCCCCCC1CC(=O)N(C2CC(c3cccc4c3Cc3ccccc3-4)(c3cccc4c3Cc3ccccc3-4)NC(c3cccc4c3Cc3ccccc3-4)(c3cccc4c3Cc3ccccc3-4)C2)C1=O. The Bertz CT molecular complexity index is 3240. The van der Waals surface area contributed by atoms with Crippen LogP contribution < -0.4 is 5.32 Å². The third-order valence-corrected chi connectivity index (χ3v) is 19.3. The van der Waals surface area contributed by atoms with Crippen LogP contribution in [0.3, 0.4) is 0 Å². The molecule has 0 aromatic heterocycles. The topological polar surface area (TPSA) is 49.4 Å². The minimum absolute atomic E-state index is 0.00504. The fraction of sp³-hybridized carbons (Fsp3) is 0.315. The van der Waals surface area contributed by atoms with Gasteiger partial charge in [-0.3, -0.25) is 19.8 Å². The molecule has 2 saturated heterocycles. The van der Waals surface area contributed by atoms with Gasteiger partial charge < -0.3 is 0 Å². The molecule has 0 radical (unpaired) electrons. The molecule has 4 nitrogen and oxygen atoms in total. The summed E-state index contributed by atoms with van der Waals surface area (Å²) in [5.74, 6) is -0.268. The highest BCUT2D eigenvalue weighted by Gasteiger charge is 2.58. The van der Waals surface area contributed by atoms with Crippen molar-refractivity contribution in [1.82, 2.24) is 10.2 Å². The van der Waals surface area contributed by atoms with Crippen molar-refractivity contribution in [2.45, 2.75) is 140 Å². The maximum absolute atomic E-state index is 15.7. The van der Waals surface area contributed by atoms with Crippen molar-refractivity contribution >= 4 is 11.8 Å². The summed E-state index contributed by atoms with van der Waals surface area (Å²) >= 11 is 0. The maximum Gasteiger partial charge on any atom is 0.233 e. The van der Waals surface area contributed by atoms with Crippen LogP contribution in [0.15, 0.2) is 170 Å². The number of nitrogens with one attached hydrogen (secondary N) is 1. The minimum Gasteiger partial charge on any atom is -0.290 e. The fourth-order valence-electron chi connectivity index (χ4n) is 15.9. The lowest BCUT2D eigenvalue weighted by Crippen LogP contribution is -2.65. The average Bonchev–Trinajstić information content (AvgIpc) is 4.50. The Hall–Kier alpha value is -7.14. The molecule has 1 N–H and O–H groups in total. The molecular weight excluding hydrogens is 937 g/mol. The first-order valence-corrected chi connectivity index (χ1v) is 29.4. The predicted molar refractivity (Wildman–Crippen MR) is 313 cm³/mol. The number of benzene rings is 8. The molecule has 4 heteroatoms. The summed E-state index contributed by atoms with van der Waals surface area (Å²) in [6.07, 6.45) is 17.9. The molecule has 8 aromatic rings. The van der Waals surface area contributed by atoms with Crippen LogP contribution in [-0.2, 0) is 46.4 Å². The Balaban J connectivity index is 0.979. The Morgan fingerprint density at radius 2 is 0.727 bits per heavy atom. The van der Waals surface area contributed by atoms with Crippen LogP contribution in [0.4, 0.5) is 0 Å². The predicted octanol–water partition coefficient (Wildman–Crippen LogP) is 16.6. The van der Waals surface area contributed by atoms with Crippen LogP contribution in [0.1, 0.15) is 164 Å². The maximum atomic E-state index is 15.7. The molecule has 0 bridgehead atoms. The number of rotatable bonds is 16. The molecule has 4 aliphatic carbocycles. The van der Waals surface area contributed by atoms with Crippen molar-refractivity contribution in [2.24, 2.45) is 5.92 Å². The molecule has 2 aliphatic heterocycles. The summed E-state index contributed by atoms with van der Waals surface area (Å²) in [4.78, 5) is 32.9. The van der Waals surface area contributed by atoms with Crippen LogP contribution in [0.5, 0.6) is 0 Å². The zero-order chi connectivity index (χ0) is 51.7. The van der Waals surface area contributed by atoms with Crippen molar-refractivity contribution in [2.75, 3.05) is 0 Å². The highest BCUT2D eigenvalue weighted by atomic mass is 16.2. The lowest BCUT2D eigenvalue weighted by atomic mass is 9.62. The van der Waals surface area contributed by atoms with E-state index in [-0.39, 0.29) is 17.7 Å². The lowest BCUT2D eigenvalue weighted by Gasteiger charge is -2.56. The number of likely N-dealkylation sites (tertiary alicyclic amines) is 1. The van der Waals surface area contributed by atoms with Gasteiger partial charge in [0.25, 0.3) is 0 Å². The summed E-state index contributed by atoms with van der Waals surface area (Å²) in [6, 6.07) is 63.4. The number of nitrogens with zero attached hydrogens (tertiary/aromatic N) is 1. The fourth-order valence-corrected chi connectivity index (χ4v) is 15.9. The molecular formula is C73H70N2O2. The number of fused-ring (bicyclic) bond motifs is 12. The van der Waals surface area contributed by atoms with E-state index in [1.807, 2.05) is 4.90 Å². The molecule has 77 heavy (non-hydrogen) atoms. The first-order chi connectivity index (χ1) is 37.9. The highest BCUT2D eigenvalue weighted by Crippen LogP contribution is 2.58. The van der Waals surface area contributed by atoms with Crippen LogP contribution in [0.2, 0.25) is 0 Å². The van der Waals surface area contributed by atoms with E-state index in [1.165, 1.54) is 163 Å². The van der Waals surface area contributed by atoms with Crippen molar-refractivity contribution in [1.29, 1.82) is 0 Å². The van der Waals surface area contributed by atoms with Gasteiger partial charge in [-0.05, 0) is 156 Å². The van der Waals surface area contributed by atoms with Gasteiger partial charge in [-0.25, -0.2) is 0 Å². The van der Waals surface area contributed by atoms with Gasteiger partial charge in [-0.2, -0.15) is 0 Å². The molecule has 1 atom stereocenters. The number of carbonyl (C=O) groups excluding carboxylic acids is 2. The van der Waals surface area contributed by atoms with Gasteiger partial charge in [-0.15, -0.1) is 0 Å². The zero-order valence-corrected chi connectivity index (χ0v) is 44.8. The number of piperidine rings is 1. The first-order valence-electron chi connectivity index (χ1n) is 29.4. The summed E-state index contributed by atoms with van der Waals surface area (Å²) in [5, 5.41) is 4.89. The Morgan fingerprint density at radius 3 is 1.09 bits per heavy atom. The number of imide groups is 1. The second kappa shape index (κ2) is 19.7. The lowest BCUT2D eigenvalue weighted by molar-refractivity contribution is -0.144. The monoisotopic (exact) mass is 1010 g/mol. The van der Waals surface area contributed by atoms with Crippen molar-refractivity contribution in [3.05, 3.63) is 237 Å². The van der Waals surface area contributed by atoms with Crippen LogP contribution >= 0.6 is 0 Å². The largest absolute Gasteiger partial charge is 0.290 e. The number of unbranched alkanes of at least 4 members (excludes halogenated alkanes) is 9. The third kappa shape index (κ3) is 7.94. The second-order valence-corrected chi connectivity index (χ2v) is 23.6. The van der Waals surface area contributed by atoms with E-state index in [9.17, 15) is 0 Å². The number of hydrogen-bond donors (Lipinski definition) is 1. The van der Waals surface area contributed by atoms with Gasteiger partial charge in [0, 0.05) is 18.4 Å². The molecule has 8 aromatic carbocycles. The van der Waals surface area contributed by atoms with Crippen LogP contribution in [0.25, 0.3) is 44.5 Å². The molecule has 2 fully saturated rings. The molecule has 384 valence electrons. The quantitative estimate of drug-likeness (QED) is 0.0775. The minimum atomic E-state index is -0.874. The zero-order valence-electron chi connectivity index (χ0n) is 44.8. The second-order valence-electron chi connectivity index (χ2n) is 23.6. The van der Waals surface area contributed by atoms with E-state index in [1.54, 1.807) is 0 Å². The van der Waals surface area contributed by atoms with Crippen LogP contribution in [-0.4, -0.2) is 22.8 Å². The van der Waals surface area contributed by atoms with Crippen LogP contribution in [0, 0.1) is 5.92 Å². The molecule has 1 unspecified atom stereocenters. The van der Waals surface area contributed by atoms with Crippen molar-refractivity contribution < 1.29 is 9.59 Å². The average molecular weight is 1010 g/mol. The van der Waals surface area contributed by atoms with E-state index in [4.69, 9.17) is 5.32 Å². The Labute approximate surface area is 456 Å². The summed E-state index contributed by atoms with van der Waals surface area (Å²) in [7, 11) is 0. The molecule has 0 spiro atoms. The smallest absolute Gasteiger partial charge is 0.233 e. The number of carbonyl (C=O) groups is 2. The molecule has 2 heterocycles. The van der Waals surface area contributed by atoms with Gasteiger partial charge in [0.2, 0.25) is 11.8 Å². The Kier molecular flexibility index (Phi) is 12.3. The van der Waals surface area contributed by atoms with Gasteiger partial charge in [-0.1, -0.05) is 241 Å². The first kappa shape index (κ1) is 48.2. The van der Waals surface area contributed by atoms with E-state index in [0.717, 1.165) is 44.9 Å². The molecule has 14 rings (SSSR count). The summed E-state index contributed by atoms with van der Waals surface area (Å²) in [5.41, 5.74) is 24.2. The van der Waals surface area contributed by atoms with Gasteiger partial charge >= 0.3 is 0 Å². The molecule has 6 aliphatic rings.